The number of phosphoric ester groups is 2. The van der Waals surface area contributed by atoms with Crippen molar-refractivity contribution in [1.82, 2.24) is 0 Å². The molecule has 0 bridgehead atoms. The van der Waals surface area contributed by atoms with E-state index in [2.05, 4.69) is 179 Å². The first-order valence-corrected chi connectivity index (χ1v) is 45.8. The first-order valence-electron chi connectivity index (χ1n) is 42.8. The van der Waals surface area contributed by atoms with Crippen molar-refractivity contribution in [2.75, 3.05) is 39.6 Å². The third-order valence-corrected chi connectivity index (χ3v) is 19.6. The monoisotopic (exact) mass is 1570 g/mol. The number of aliphatic hydroxyl groups excluding tert-OH is 2. The molecule has 16 nitrogen and oxygen atoms in total. The highest BCUT2D eigenvalue weighted by molar-refractivity contribution is 7.47. The summed E-state index contributed by atoms with van der Waals surface area (Å²) in [6.07, 6.45) is 104. The maximum Gasteiger partial charge on any atom is 0.472 e. The van der Waals surface area contributed by atoms with Crippen LogP contribution in [0.3, 0.4) is 0 Å². The first-order chi connectivity index (χ1) is 53.2. The van der Waals surface area contributed by atoms with Crippen molar-refractivity contribution in [3.63, 3.8) is 0 Å². The average molecular weight is 1570 g/mol. The molecule has 0 aromatic carbocycles. The Morgan fingerprint density at radius 1 is 0.266 bits per heavy atom. The highest BCUT2D eigenvalue weighted by atomic mass is 31.2. The van der Waals surface area contributed by atoms with Crippen molar-refractivity contribution in [3.05, 3.63) is 158 Å². The standard InChI is InChI=1S/C91H154O16P2/c1-4-7-10-13-16-19-22-25-28-31-34-36-38-40-41-42-43-45-47-48-51-53-56-59-62-65-68-71-74-77-89(94)101-80-86(92)81-103-108(97,98)104-82-87(93)83-105-109(99,100)106-85-88(107-91(96)79-76-73-70-67-64-61-58-55-50-33-30-27-24-21-18-15-12-9-6-3)84-102-90(95)78-75-72-69-66-63-60-57-54-52-49-46-44-39-37-35-32-29-26-23-20-17-14-11-8-5-2/h7-8,10-11,16-21,25-30,34-37,40-41,44,46,50,55,86-88,92-93H,4-6,9,12-15,22-24,31-33,38-39,42-43,45,47-49,51-54,56-85H2,1-3H3,(H,97,98)(H,99,100)/b10-7-,11-8-,19-16-,20-17-,21-18-,28-25-,29-26-,30-27-,36-34-,37-35-,41-40-,46-44-,55-50-. The molecule has 0 aromatic heterocycles. The molecule has 4 N–H and O–H groups in total. The molecule has 0 spiro atoms. The Morgan fingerprint density at radius 2 is 0.486 bits per heavy atom. The lowest BCUT2D eigenvalue weighted by Crippen LogP contribution is -2.30. The molecule has 5 atom stereocenters. The van der Waals surface area contributed by atoms with Crippen LogP contribution in [0.5, 0.6) is 0 Å². The Morgan fingerprint density at radius 3 is 0.771 bits per heavy atom. The quantitative estimate of drug-likeness (QED) is 0.0146. The summed E-state index contributed by atoms with van der Waals surface area (Å²) in [5.41, 5.74) is 0. The summed E-state index contributed by atoms with van der Waals surface area (Å²) in [5, 5.41) is 20.7. The lowest BCUT2D eigenvalue weighted by molar-refractivity contribution is -0.161. The van der Waals surface area contributed by atoms with Gasteiger partial charge in [0.25, 0.3) is 0 Å². The fourth-order valence-electron chi connectivity index (χ4n) is 11.3. The molecule has 0 aromatic rings. The van der Waals surface area contributed by atoms with E-state index < -0.39 is 91.5 Å². The van der Waals surface area contributed by atoms with Gasteiger partial charge in [0.15, 0.2) is 6.10 Å². The number of esters is 3. The second-order valence-corrected chi connectivity index (χ2v) is 31.1. The molecule has 18 heteroatoms. The van der Waals surface area contributed by atoms with Crippen molar-refractivity contribution >= 4 is 33.6 Å². The van der Waals surface area contributed by atoms with Crippen LogP contribution in [0.15, 0.2) is 158 Å². The van der Waals surface area contributed by atoms with Crippen LogP contribution in [0.4, 0.5) is 0 Å². The van der Waals surface area contributed by atoms with Gasteiger partial charge in [0.05, 0.1) is 26.4 Å². The van der Waals surface area contributed by atoms with Crippen LogP contribution in [0.2, 0.25) is 0 Å². The lowest BCUT2D eigenvalue weighted by Gasteiger charge is -2.21. The van der Waals surface area contributed by atoms with Crippen molar-refractivity contribution < 1.29 is 75.8 Å². The molecule has 109 heavy (non-hydrogen) atoms. The van der Waals surface area contributed by atoms with E-state index in [9.17, 15) is 43.5 Å². The van der Waals surface area contributed by atoms with Crippen LogP contribution in [0.25, 0.3) is 0 Å². The number of hydrogen-bond donors (Lipinski definition) is 4. The van der Waals surface area contributed by atoms with Gasteiger partial charge in [0.1, 0.15) is 25.4 Å². The van der Waals surface area contributed by atoms with E-state index in [1.807, 2.05) is 0 Å². The van der Waals surface area contributed by atoms with Gasteiger partial charge in [0.2, 0.25) is 0 Å². The van der Waals surface area contributed by atoms with Crippen molar-refractivity contribution in [3.8, 4) is 0 Å². The second-order valence-electron chi connectivity index (χ2n) is 28.2. The molecule has 0 radical (unpaired) electrons. The zero-order valence-electron chi connectivity index (χ0n) is 68.4. The summed E-state index contributed by atoms with van der Waals surface area (Å²) in [7, 11) is -9.81. The zero-order valence-corrected chi connectivity index (χ0v) is 70.2. The van der Waals surface area contributed by atoms with E-state index in [1.165, 1.54) is 103 Å². The minimum absolute atomic E-state index is 0.0849. The van der Waals surface area contributed by atoms with Gasteiger partial charge in [-0.3, -0.25) is 32.5 Å². The largest absolute Gasteiger partial charge is 0.472 e. The van der Waals surface area contributed by atoms with Gasteiger partial charge >= 0.3 is 33.6 Å². The third-order valence-electron chi connectivity index (χ3n) is 17.7. The van der Waals surface area contributed by atoms with Crippen LogP contribution < -0.4 is 0 Å². The molecule has 0 aliphatic carbocycles. The van der Waals surface area contributed by atoms with Crippen LogP contribution in [0.1, 0.15) is 342 Å². The fraction of sp³-hybridized carbons (Fsp3) is 0.681. The van der Waals surface area contributed by atoms with Gasteiger partial charge in [-0.1, -0.05) is 333 Å². The molecule has 624 valence electrons. The smallest absolute Gasteiger partial charge is 0.463 e. The summed E-state index contributed by atoms with van der Waals surface area (Å²) in [6.45, 7) is 2.43. The number of carbonyl (C=O) groups excluding carboxylic acids is 3. The van der Waals surface area contributed by atoms with Gasteiger partial charge in [-0.25, -0.2) is 9.13 Å². The normalized spacial score (nSPS) is 14.7. The number of phosphoric acid groups is 2. The van der Waals surface area contributed by atoms with Gasteiger partial charge in [0, 0.05) is 19.3 Å². The second kappa shape index (κ2) is 82.6. The Kier molecular flexibility index (Phi) is 79.0. The molecule has 0 saturated carbocycles. The number of unbranched alkanes of at least 4 members (excludes halogenated alkanes) is 31. The molecule has 0 fully saturated rings. The fourth-order valence-corrected chi connectivity index (χ4v) is 12.9. The number of carbonyl (C=O) groups is 3. The predicted molar refractivity (Wildman–Crippen MR) is 454 cm³/mol. The molecule has 0 amide bonds. The number of rotatable bonds is 80. The summed E-state index contributed by atoms with van der Waals surface area (Å²) in [6, 6.07) is 0. The number of allylic oxidation sites excluding steroid dienone is 26. The van der Waals surface area contributed by atoms with E-state index in [-0.39, 0.29) is 19.3 Å². The summed E-state index contributed by atoms with van der Waals surface area (Å²) < 4.78 is 61.3. The maximum atomic E-state index is 13.0. The van der Waals surface area contributed by atoms with Gasteiger partial charge in [-0.2, -0.15) is 0 Å². The van der Waals surface area contributed by atoms with E-state index in [0.29, 0.717) is 19.3 Å². The average Bonchev–Trinajstić information content (AvgIpc) is 0.902. The van der Waals surface area contributed by atoms with Gasteiger partial charge in [-0.05, 0) is 148 Å². The number of ether oxygens (including phenoxy) is 3. The van der Waals surface area contributed by atoms with Crippen LogP contribution in [-0.2, 0) is 55.8 Å². The van der Waals surface area contributed by atoms with Gasteiger partial charge < -0.3 is 34.2 Å². The van der Waals surface area contributed by atoms with Gasteiger partial charge in [-0.15, -0.1) is 0 Å². The lowest BCUT2D eigenvalue weighted by atomic mass is 10.0. The molecule has 0 aliphatic rings. The van der Waals surface area contributed by atoms with Crippen LogP contribution >= 0.6 is 15.6 Å². The highest BCUT2D eigenvalue weighted by Gasteiger charge is 2.29. The molecular weight excluding hydrogens is 1410 g/mol. The van der Waals surface area contributed by atoms with E-state index >= 15 is 0 Å². The minimum Gasteiger partial charge on any atom is -0.463 e. The molecule has 0 saturated heterocycles. The first kappa shape index (κ1) is 104. The molecule has 5 unspecified atom stereocenters. The molecule has 0 heterocycles. The SMILES string of the molecule is CC/C=C\C/C=C\C/C=C\C/C=C\C/C=C\CCCCCCCCCCCCCCCC(=O)OCC(O)COP(=O)(O)OCC(O)COP(=O)(O)OCC(COC(=O)CCCCCCCCCCC/C=C\C/C=C\C/C=C\C/C=C\C/C=C\CC)OC(=O)CCCCCCCC/C=C\C/C=C\C/C=C\CCCCC. The van der Waals surface area contributed by atoms with E-state index in [1.54, 1.807) is 0 Å². The number of aliphatic hydroxyl groups is 2. The summed E-state index contributed by atoms with van der Waals surface area (Å²) >= 11 is 0. The maximum absolute atomic E-state index is 13.0. The summed E-state index contributed by atoms with van der Waals surface area (Å²) in [5.74, 6) is -1.59. The molecule has 0 rings (SSSR count). The van der Waals surface area contributed by atoms with E-state index in [4.69, 9.17) is 32.3 Å². The molecule has 0 aliphatic heterocycles. The highest BCUT2D eigenvalue weighted by Crippen LogP contribution is 2.45. The Balaban J connectivity index is 4.61. The van der Waals surface area contributed by atoms with E-state index in [0.717, 1.165) is 180 Å². The third kappa shape index (κ3) is 83.9. The van der Waals surface area contributed by atoms with Crippen molar-refractivity contribution in [2.45, 2.75) is 360 Å². The summed E-state index contributed by atoms with van der Waals surface area (Å²) in [4.78, 5) is 58.9. The zero-order chi connectivity index (χ0) is 79.4. The van der Waals surface area contributed by atoms with Crippen molar-refractivity contribution in [1.29, 1.82) is 0 Å². The minimum atomic E-state index is -4.95. The Labute approximate surface area is 663 Å². The molecular formula is C91H154O16P2. The predicted octanol–water partition coefficient (Wildman–Crippen LogP) is 25.8. The topological polar surface area (TPSA) is 231 Å². The number of hydrogen-bond acceptors (Lipinski definition) is 14. The Hall–Kier alpha value is -4.83. The van der Waals surface area contributed by atoms with Crippen LogP contribution in [0, 0.1) is 0 Å². The Bertz CT molecular complexity index is 2610. The van der Waals surface area contributed by atoms with Crippen molar-refractivity contribution in [2.24, 2.45) is 0 Å². The van der Waals surface area contributed by atoms with Crippen LogP contribution in [-0.4, -0.2) is 95.9 Å².